The van der Waals surface area contributed by atoms with Crippen LogP contribution in [0.25, 0.3) is 11.1 Å². The van der Waals surface area contributed by atoms with Gasteiger partial charge in [-0.15, -0.1) is 0 Å². The van der Waals surface area contributed by atoms with Gasteiger partial charge in [0.1, 0.15) is 6.07 Å². The molecule has 1 aromatic carbocycles. The number of aryl methyl sites for hydroxylation is 1. The lowest BCUT2D eigenvalue weighted by molar-refractivity contribution is -0.402. The summed E-state index contributed by atoms with van der Waals surface area (Å²) in [5.41, 5.74) is 3.04. The van der Waals surface area contributed by atoms with Gasteiger partial charge in [0.25, 0.3) is 0 Å². The first kappa shape index (κ1) is 10.2. The van der Waals surface area contributed by atoms with Gasteiger partial charge in [-0.3, -0.25) is 0 Å². The topological polar surface area (TPSA) is 58.2 Å². The van der Waals surface area contributed by atoms with Crippen LogP contribution in [0.5, 0.6) is 5.88 Å². The lowest BCUT2D eigenvalue weighted by Gasteiger charge is -2.01. The van der Waals surface area contributed by atoms with Crippen LogP contribution in [0.1, 0.15) is 11.3 Å². The molecule has 0 bridgehead atoms. The summed E-state index contributed by atoms with van der Waals surface area (Å²) in [7, 11) is 0. The van der Waals surface area contributed by atoms with E-state index in [-0.39, 0.29) is 11.4 Å². The first-order chi connectivity index (χ1) is 7.72. The zero-order chi connectivity index (χ0) is 11.5. The molecule has 0 aliphatic carbocycles. The molecule has 78 valence electrons. The van der Waals surface area contributed by atoms with Crippen LogP contribution in [0.3, 0.4) is 0 Å². The van der Waals surface area contributed by atoms with Crippen LogP contribution in [-0.4, -0.2) is 5.11 Å². The summed E-state index contributed by atoms with van der Waals surface area (Å²) in [6.45, 7) is 1.86. The van der Waals surface area contributed by atoms with E-state index in [2.05, 4.69) is 4.98 Å². The van der Waals surface area contributed by atoms with Gasteiger partial charge in [0.2, 0.25) is 0 Å². The molecule has 0 radical (unpaired) electrons. The van der Waals surface area contributed by atoms with Crippen molar-refractivity contribution in [2.24, 2.45) is 0 Å². The molecular formula is C13H11N2O+. The molecule has 0 aliphatic rings. The third-order valence-electron chi connectivity index (χ3n) is 2.46. The quantitative estimate of drug-likeness (QED) is 0.784. The van der Waals surface area contributed by atoms with Crippen molar-refractivity contribution in [2.75, 3.05) is 0 Å². The maximum Gasteiger partial charge on any atom is 0.382 e. The largest absolute Gasteiger partial charge is 0.459 e. The van der Waals surface area contributed by atoms with Crippen LogP contribution in [0.2, 0.25) is 0 Å². The highest BCUT2D eigenvalue weighted by molar-refractivity contribution is 5.66. The van der Waals surface area contributed by atoms with Crippen molar-refractivity contribution < 1.29 is 10.1 Å². The first-order valence-corrected chi connectivity index (χ1v) is 4.94. The molecule has 0 saturated carbocycles. The predicted molar refractivity (Wildman–Crippen MR) is 59.6 cm³/mol. The van der Waals surface area contributed by atoms with Crippen LogP contribution in [-0.2, 0) is 0 Å². The molecular weight excluding hydrogens is 200 g/mol. The second kappa shape index (κ2) is 4.03. The number of hydrogen-bond donors (Lipinski definition) is 1. The number of aromatic nitrogens is 1. The summed E-state index contributed by atoms with van der Waals surface area (Å²) in [6, 6.07) is 13.4. The van der Waals surface area contributed by atoms with Gasteiger partial charge in [0, 0.05) is 6.92 Å². The summed E-state index contributed by atoms with van der Waals surface area (Å²) >= 11 is 0. The average molecular weight is 211 g/mol. The van der Waals surface area contributed by atoms with E-state index in [1.54, 1.807) is 6.07 Å². The Bertz CT molecular complexity index is 556. The molecule has 2 aromatic rings. The van der Waals surface area contributed by atoms with Crippen LogP contribution in [0.15, 0.2) is 36.4 Å². The van der Waals surface area contributed by atoms with Crippen molar-refractivity contribution in [3.05, 3.63) is 47.7 Å². The number of nitriles is 1. The van der Waals surface area contributed by atoms with Crippen molar-refractivity contribution in [1.29, 1.82) is 5.26 Å². The first-order valence-electron chi connectivity index (χ1n) is 4.94. The van der Waals surface area contributed by atoms with Crippen LogP contribution in [0, 0.1) is 18.3 Å². The zero-order valence-electron chi connectivity index (χ0n) is 8.86. The third-order valence-corrected chi connectivity index (χ3v) is 2.46. The van der Waals surface area contributed by atoms with E-state index in [1.165, 1.54) is 0 Å². The molecule has 0 saturated heterocycles. The van der Waals surface area contributed by atoms with Crippen molar-refractivity contribution in [1.82, 2.24) is 0 Å². The van der Waals surface area contributed by atoms with Crippen molar-refractivity contribution in [3.63, 3.8) is 0 Å². The molecule has 0 unspecified atom stereocenters. The number of benzene rings is 1. The molecule has 2 rings (SSSR count). The molecule has 1 heterocycles. The highest BCUT2D eigenvalue weighted by Gasteiger charge is 2.15. The highest BCUT2D eigenvalue weighted by atomic mass is 16.3. The van der Waals surface area contributed by atoms with Crippen molar-refractivity contribution >= 4 is 0 Å². The molecule has 16 heavy (non-hydrogen) atoms. The Morgan fingerprint density at radius 1 is 1.25 bits per heavy atom. The summed E-state index contributed by atoms with van der Waals surface area (Å²) in [6.07, 6.45) is 0. The Morgan fingerprint density at radius 3 is 2.56 bits per heavy atom. The van der Waals surface area contributed by atoms with Gasteiger partial charge in [0.05, 0.1) is 5.56 Å². The number of pyridine rings is 1. The Balaban J connectivity index is 2.63. The second-order valence-corrected chi connectivity index (χ2v) is 3.55. The van der Waals surface area contributed by atoms with Crippen molar-refractivity contribution in [2.45, 2.75) is 6.92 Å². The van der Waals surface area contributed by atoms with Gasteiger partial charge < -0.3 is 5.11 Å². The fourth-order valence-electron chi connectivity index (χ4n) is 1.64. The van der Waals surface area contributed by atoms with Gasteiger partial charge in [0.15, 0.2) is 11.3 Å². The summed E-state index contributed by atoms with van der Waals surface area (Å²) in [5.74, 6) is -0.0836. The number of nitrogens with zero attached hydrogens (tertiary/aromatic N) is 1. The summed E-state index contributed by atoms with van der Waals surface area (Å²) < 4.78 is 0. The molecule has 0 fully saturated rings. The molecule has 3 heteroatoms. The van der Waals surface area contributed by atoms with E-state index in [0.717, 1.165) is 16.8 Å². The number of aromatic hydroxyl groups is 1. The molecule has 0 aliphatic heterocycles. The SMILES string of the molecule is Cc1[nH+]c(O)c(C#N)cc1-c1ccccc1. The van der Waals surface area contributed by atoms with Crippen molar-refractivity contribution in [3.8, 4) is 23.1 Å². The van der Waals surface area contributed by atoms with E-state index in [1.807, 2.05) is 43.3 Å². The van der Waals surface area contributed by atoms with Gasteiger partial charge in [-0.1, -0.05) is 30.3 Å². The normalized spacial score (nSPS) is 9.75. The van der Waals surface area contributed by atoms with Crippen LogP contribution < -0.4 is 4.98 Å². The molecule has 0 spiro atoms. The molecule has 1 aromatic heterocycles. The summed E-state index contributed by atoms with van der Waals surface area (Å²) in [4.78, 5) is 2.79. The summed E-state index contributed by atoms with van der Waals surface area (Å²) in [5, 5.41) is 18.3. The number of aromatic amines is 1. The van der Waals surface area contributed by atoms with E-state index >= 15 is 0 Å². The maximum atomic E-state index is 9.48. The zero-order valence-corrected chi connectivity index (χ0v) is 8.86. The number of hydrogen-bond acceptors (Lipinski definition) is 2. The molecule has 3 nitrogen and oxygen atoms in total. The van der Waals surface area contributed by atoms with E-state index in [4.69, 9.17) is 5.26 Å². The molecule has 0 amide bonds. The monoisotopic (exact) mass is 211 g/mol. The standard InChI is InChI=1S/C13H10N2O/c1-9-12(10-5-3-2-4-6-10)7-11(8-14)13(16)15-9/h2-7H,1H3,(H,15,16)/p+1. The maximum absolute atomic E-state index is 9.48. The Kier molecular flexibility index (Phi) is 2.57. The lowest BCUT2D eigenvalue weighted by atomic mass is 10.0. The Morgan fingerprint density at radius 2 is 1.94 bits per heavy atom. The van der Waals surface area contributed by atoms with Gasteiger partial charge in [-0.05, 0) is 11.6 Å². The lowest BCUT2D eigenvalue weighted by Crippen LogP contribution is -2.10. The minimum absolute atomic E-state index is 0.0836. The van der Waals surface area contributed by atoms with Gasteiger partial charge in [-0.2, -0.15) is 10.2 Å². The van der Waals surface area contributed by atoms with Gasteiger partial charge >= 0.3 is 5.88 Å². The fourth-order valence-corrected chi connectivity index (χ4v) is 1.64. The van der Waals surface area contributed by atoms with E-state index in [0.29, 0.717) is 0 Å². The average Bonchev–Trinajstić information content (AvgIpc) is 2.30. The second-order valence-electron chi connectivity index (χ2n) is 3.55. The molecule has 2 N–H and O–H groups in total. The predicted octanol–water partition coefficient (Wildman–Crippen LogP) is 2.05. The molecule has 0 atom stereocenters. The Labute approximate surface area is 93.6 Å². The van der Waals surface area contributed by atoms with Gasteiger partial charge in [-0.25, -0.2) is 0 Å². The Hall–Kier alpha value is -2.34. The fraction of sp³-hybridized carbons (Fsp3) is 0.0769. The third kappa shape index (κ3) is 1.73. The number of rotatable bonds is 1. The number of nitrogens with one attached hydrogen (secondary N) is 1. The minimum atomic E-state index is -0.0836. The minimum Gasteiger partial charge on any atom is -0.459 e. The van der Waals surface area contributed by atoms with Crippen LogP contribution in [0.4, 0.5) is 0 Å². The highest BCUT2D eigenvalue weighted by Crippen LogP contribution is 2.23. The van der Waals surface area contributed by atoms with E-state index in [9.17, 15) is 5.11 Å². The smallest absolute Gasteiger partial charge is 0.382 e. The van der Waals surface area contributed by atoms with E-state index < -0.39 is 0 Å². The van der Waals surface area contributed by atoms with Crippen LogP contribution >= 0.6 is 0 Å². The number of H-pyrrole nitrogens is 1.